The Balaban J connectivity index is 1.95. The van der Waals surface area contributed by atoms with Crippen molar-refractivity contribution in [3.05, 3.63) is 52.7 Å². The second-order valence-corrected chi connectivity index (χ2v) is 5.73. The third-order valence-electron chi connectivity index (χ3n) is 3.66. The molecule has 0 fully saturated rings. The van der Waals surface area contributed by atoms with Gasteiger partial charge in [-0.15, -0.1) is 0 Å². The number of nitrogens with one attached hydrogen (secondary N) is 1. The number of amides is 1. The highest BCUT2D eigenvalue weighted by atomic mass is 35.5. The van der Waals surface area contributed by atoms with Gasteiger partial charge in [0.25, 0.3) is 5.91 Å². The standard InChI is InChI=1S/C16H20ClN3O2/c1-3-10(2)14(18)16-20-13(9-22-16)15(21)19-8-11-4-6-12(17)7-5-11/h4-7,9-10,14H,3,8,18H2,1-2H3,(H,19,21). The molecule has 0 saturated carbocycles. The molecule has 6 heteroatoms. The molecule has 0 radical (unpaired) electrons. The lowest BCUT2D eigenvalue weighted by Gasteiger charge is -2.13. The number of hydrogen-bond acceptors (Lipinski definition) is 4. The quantitative estimate of drug-likeness (QED) is 0.855. The van der Waals surface area contributed by atoms with E-state index in [1.54, 1.807) is 12.1 Å². The molecular weight excluding hydrogens is 302 g/mol. The highest BCUT2D eigenvalue weighted by Gasteiger charge is 2.20. The number of carbonyl (C=O) groups is 1. The Kier molecular flexibility index (Phi) is 5.57. The first-order valence-corrected chi connectivity index (χ1v) is 7.62. The molecule has 0 spiro atoms. The molecular formula is C16H20ClN3O2. The van der Waals surface area contributed by atoms with Crippen molar-refractivity contribution in [1.29, 1.82) is 0 Å². The van der Waals surface area contributed by atoms with E-state index in [1.165, 1.54) is 6.26 Å². The summed E-state index contributed by atoms with van der Waals surface area (Å²) in [5.41, 5.74) is 7.24. The zero-order chi connectivity index (χ0) is 16.1. The maximum Gasteiger partial charge on any atom is 0.273 e. The summed E-state index contributed by atoms with van der Waals surface area (Å²) in [5, 5.41) is 3.45. The Morgan fingerprint density at radius 1 is 1.41 bits per heavy atom. The third kappa shape index (κ3) is 4.08. The van der Waals surface area contributed by atoms with Crippen LogP contribution < -0.4 is 11.1 Å². The molecule has 2 unspecified atom stereocenters. The summed E-state index contributed by atoms with van der Waals surface area (Å²) in [6, 6.07) is 6.97. The van der Waals surface area contributed by atoms with Gasteiger partial charge in [0.1, 0.15) is 6.26 Å². The predicted octanol–water partition coefficient (Wildman–Crippen LogP) is 3.30. The van der Waals surface area contributed by atoms with E-state index in [0.29, 0.717) is 17.5 Å². The second kappa shape index (κ2) is 7.42. The fourth-order valence-corrected chi connectivity index (χ4v) is 2.04. The van der Waals surface area contributed by atoms with Gasteiger partial charge in [-0.2, -0.15) is 0 Å². The average Bonchev–Trinajstić information content (AvgIpc) is 3.02. The van der Waals surface area contributed by atoms with Crippen molar-refractivity contribution in [3.63, 3.8) is 0 Å². The number of hydrogen-bond donors (Lipinski definition) is 2. The lowest BCUT2D eigenvalue weighted by Crippen LogP contribution is -2.24. The first kappa shape index (κ1) is 16.5. The summed E-state index contributed by atoms with van der Waals surface area (Å²) in [4.78, 5) is 16.2. The molecule has 3 N–H and O–H groups in total. The number of oxazole rings is 1. The van der Waals surface area contributed by atoms with E-state index in [2.05, 4.69) is 10.3 Å². The molecule has 0 aliphatic rings. The summed E-state index contributed by atoms with van der Waals surface area (Å²) in [7, 11) is 0. The van der Waals surface area contributed by atoms with Crippen LogP contribution >= 0.6 is 11.6 Å². The van der Waals surface area contributed by atoms with Gasteiger partial charge in [-0.3, -0.25) is 4.79 Å². The molecule has 1 amide bonds. The van der Waals surface area contributed by atoms with Crippen LogP contribution in [-0.2, 0) is 6.54 Å². The van der Waals surface area contributed by atoms with Crippen LogP contribution in [0.2, 0.25) is 5.02 Å². The Bertz CT molecular complexity index is 625. The lowest BCUT2D eigenvalue weighted by molar-refractivity contribution is 0.0946. The van der Waals surface area contributed by atoms with Crippen LogP contribution in [0.3, 0.4) is 0 Å². The van der Waals surface area contributed by atoms with Gasteiger partial charge in [-0.25, -0.2) is 4.98 Å². The average molecular weight is 322 g/mol. The van der Waals surface area contributed by atoms with Gasteiger partial charge in [0.2, 0.25) is 5.89 Å². The molecule has 2 rings (SSSR count). The van der Waals surface area contributed by atoms with Crippen molar-refractivity contribution < 1.29 is 9.21 Å². The van der Waals surface area contributed by atoms with Crippen molar-refractivity contribution in [2.45, 2.75) is 32.9 Å². The van der Waals surface area contributed by atoms with E-state index in [0.717, 1.165) is 12.0 Å². The molecule has 118 valence electrons. The van der Waals surface area contributed by atoms with Gasteiger partial charge in [-0.1, -0.05) is 44.0 Å². The first-order valence-electron chi connectivity index (χ1n) is 7.25. The zero-order valence-corrected chi connectivity index (χ0v) is 13.4. The highest BCUT2D eigenvalue weighted by Crippen LogP contribution is 2.21. The molecule has 22 heavy (non-hydrogen) atoms. The fourth-order valence-electron chi connectivity index (χ4n) is 1.92. The number of benzene rings is 1. The molecule has 0 bridgehead atoms. The van der Waals surface area contributed by atoms with Crippen molar-refractivity contribution in [1.82, 2.24) is 10.3 Å². The Hall–Kier alpha value is -1.85. The normalized spacial score (nSPS) is 13.6. The van der Waals surface area contributed by atoms with Crippen molar-refractivity contribution in [2.24, 2.45) is 11.7 Å². The van der Waals surface area contributed by atoms with Crippen LogP contribution in [0.5, 0.6) is 0 Å². The Labute approximate surface area is 134 Å². The SMILES string of the molecule is CCC(C)C(N)c1nc(C(=O)NCc2ccc(Cl)cc2)co1. The minimum Gasteiger partial charge on any atom is -0.446 e. The fraction of sp³-hybridized carbons (Fsp3) is 0.375. The van der Waals surface area contributed by atoms with E-state index < -0.39 is 0 Å². The maximum atomic E-state index is 12.1. The maximum absolute atomic E-state index is 12.1. The smallest absolute Gasteiger partial charge is 0.273 e. The largest absolute Gasteiger partial charge is 0.446 e. The second-order valence-electron chi connectivity index (χ2n) is 5.29. The lowest BCUT2D eigenvalue weighted by atomic mass is 10.0. The number of rotatable bonds is 6. The van der Waals surface area contributed by atoms with Crippen LogP contribution in [0, 0.1) is 5.92 Å². The van der Waals surface area contributed by atoms with Crippen molar-refractivity contribution >= 4 is 17.5 Å². The predicted molar refractivity (Wildman–Crippen MR) is 85.5 cm³/mol. The molecule has 0 aliphatic heterocycles. The summed E-state index contributed by atoms with van der Waals surface area (Å²) < 4.78 is 5.32. The van der Waals surface area contributed by atoms with Crippen LogP contribution in [0.15, 0.2) is 34.9 Å². The van der Waals surface area contributed by atoms with Crippen LogP contribution in [0.25, 0.3) is 0 Å². The van der Waals surface area contributed by atoms with E-state index in [9.17, 15) is 4.79 Å². The van der Waals surface area contributed by atoms with Gasteiger partial charge in [0.05, 0.1) is 6.04 Å². The molecule has 0 saturated heterocycles. The Morgan fingerprint density at radius 2 is 2.09 bits per heavy atom. The summed E-state index contributed by atoms with van der Waals surface area (Å²) >= 11 is 5.82. The molecule has 0 aliphatic carbocycles. The van der Waals surface area contributed by atoms with Crippen LogP contribution in [0.4, 0.5) is 0 Å². The van der Waals surface area contributed by atoms with Gasteiger partial charge >= 0.3 is 0 Å². The number of aromatic nitrogens is 1. The summed E-state index contributed by atoms with van der Waals surface area (Å²) in [6.07, 6.45) is 2.26. The number of nitrogens with two attached hydrogens (primary N) is 1. The van der Waals surface area contributed by atoms with Crippen molar-refractivity contribution in [3.8, 4) is 0 Å². The molecule has 1 aromatic heterocycles. The van der Waals surface area contributed by atoms with Crippen LogP contribution in [-0.4, -0.2) is 10.9 Å². The minimum absolute atomic E-state index is 0.239. The molecule has 2 aromatic rings. The first-order chi connectivity index (χ1) is 10.5. The summed E-state index contributed by atoms with van der Waals surface area (Å²) in [6.45, 7) is 4.47. The van der Waals surface area contributed by atoms with Crippen LogP contribution in [0.1, 0.15) is 48.3 Å². The number of halogens is 1. The third-order valence-corrected chi connectivity index (χ3v) is 3.92. The number of nitrogens with zero attached hydrogens (tertiary/aromatic N) is 1. The molecule has 2 atom stereocenters. The number of carbonyl (C=O) groups excluding carboxylic acids is 1. The van der Waals surface area contributed by atoms with Gasteiger partial charge in [0, 0.05) is 11.6 Å². The van der Waals surface area contributed by atoms with E-state index in [4.69, 9.17) is 21.8 Å². The minimum atomic E-state index is -0.303. The van der Waals surface area contributed by atoms with Crippen molar-refractivity contribution in [2.75, 3.05) is 0 Å². The highest BCUT2D eigenvalue weighted by molar-refractivity contribution is 6.30. The molecule has 1 aromatic carbocycles. The molecule has 5 nitrogen and oxygen atoms in total. The Morgan fingerprint density at radius 3 is 2.73 bits per heavy atom. The van der Waals surface area contributed by atoms with E-state index in [1.807, 2.05) is 26.0 Å². The topological polar surface area (TPSA) is 81.1 Å². The van der Waals surface area contributed by atoms with Gasteiger partial charge in [-0.05, 0) is 23.6 Å². The van der Waals surface area contributed by atoms with Gasteiger partial charge in [0.15, 0.2) is 5.69 Å². The monoisotopic (exact) mass is 321 g/mol. The summed E-state index contributed by atoms with van der Waals surface area (Å²) in [5.74, 6) is 0.343. The van der Waals surface area contributed by atoms with Gasteiger partial charge < -0.3 is 15.5 Å². The van der Waals surface area contributed by atoms with E-state index >= 15 is 0 Å². The van der Waals surface area contributed by atoms with E-state index in [-0.39, 0.29) is 23.6 Å². The molecule has 1 heterocycles. The zero-order valence-electron chi connectivity index (χ0n) is 12.7.